The molecule has 0 saturated carbocycles. The summed E-state index contributed by atoms with van der Waals surface area (Å²) in [6.45, 7) is 2.31. The highest BCUT2D eigenvalue weighted by molar-refractivity contribution is 7.91. The average molecular weight is 315 g/mol. The number of carbonyl (C=O) groups excluding carboxylic acids is 1. The molecule has 0 radical (unpaired) electrons. The lowest BCUT2D eigenvalue weighted by atomic mass is 10.1. The van der Waals surface area contributed by atoms with Crippen LogP contribution < -0.4 is 10.5 Å². The summed E-state index contributed by atoms with van der Waals surface area (Å²) in [6, 6.07) is 6.37. The zero-order chi connectivity index (χ0) is 15.9. The maximum atomic E-state index is 12.0. The van der Waals surface area contributed by atoms with Crippen LogP contribution >= 0.6 is 0 Å². The van der Waals surface area contributed by atoms with Crippen LogP contribution in [0.3, 0.4) is 0 Å². The predicted molar refractivity (Wildman–Crippen MR) is 79.8 cm³/mol. The van der Waals surface area contributed by atoms with Crippen LogP contribution in [0, 0.1) is 0 Å². The minimum absolute atomic E-state index is 0.168. The van der Waals surface area contributed by atoms with Gasteiger partial charge in [-0.25, -0.2) is 8.42 Å². The quantitative estimate of drug-likeness (QED) is 0.721. The maximum Gasteiger partial charge on any atom is 0.306 e. The Bertz CT molecular complexity index is 570. The van der Waals surface area contributed by atoms with Gasteiger partial charge in [0.2, 0.25) is 0 Å². The molecule has 1 aromatic carbocycles. The van der Waals surface area contributed by atoms with Crippen LogP contribution in [0.5, 0.6) is 5.75 Å². The Hall–Kier alpha value is -1.60. The first-order chi connectivity index (χ1) is 9.89. The molecule has 0 aromatic heterocycles. The maximum absolute atomic E-state index is 12.0. The first kappa shape index (κ1) is 17.5. The van der Waals surface area contributed by atoms with Crippen LogP contribution in [0.25, 0.3) is 0 Å². The second-order valence-electron chi connectivity index (χ2n) is 4.52. The van der Waals surface area contributed by atoms with Crippen molar-refractivity contribution in [3.05, 3.63) is 29.8 Å². The molecular weight excluding hydrogens is 294 g/mol. The topological polar surface area (TPSA) is 95.7 Å². The van der Waals surface area contributed by atoms with Crippen molar-refractivity contribution in [1.29, 1.82) is 0 Å². The van der Waals surface area contributed by atoms with E-state index < -0.39 is 21.8 Å². The SMILES string of the molecule is CCOc1ccccc1C(N)CS(=O)(=O)CCC(=O)OC. The molecule has 0 heterocycles. The van der Waals surface area contributed by atoms with Gasteiger partial charge in [0.25, 0.3) is 0 Å². The molecular formula is C14H21NO5S. The Kier molecular flexibility index (Phi) is 6.64. The lowest BCUT2D eigenvalue weighted by Gasteiger charge is -2.16. The van der Waals surface area contributed by atoms with Crippen molar-refractivity contribution in [1.82, 2.24) is 0 Å². The fourth-order valence-electron chi connectivity index (χ4n) is 1.86. The number of esters is 1. The molecule has 0 aliphatic heterocycles. The summed E-state index contributed by atoms with van der Waals surface area (Å²) in [4.78, 5) is 11.0. The minimum atomic E-state index is -3.45. The van der Waals surface area contributed by atoms with Crippen molar-refractivity contribution >= 4 is 15.8 Å². The minimum Gasteiger partial charge on any atom is -0.494 e. The molecule has 21 heavy (non-hydrogen) atoms. The molecule has 6 nitrogen and oxygen atoms in total. The van der Waals surface area contributed by atoms with Gasteiger partial charge in [0.15, 0.2) is 9.84 Å². The molecule has 0 bridgehead atoms. The molecule has 0 aliphatic carbocycles. The molecule has 1 atom stereocenters. The lowest BCUT2D eigenvalue weighted by Crippen LogP contribution is -2.25. The zero-order valence-electron chi connectivity index (χ0n) is 12.2. The van der Waals surface area contributed by atoms with Gasteiger partial charge in [-0.15, -0.1) is 0 Å². The molecule has 7 heteroatoms. The predicted octanol–water partition coefficient (Wildman–Crippen LogP) is 1.06. The normalized spacial score (nSPS) is 12.7. The molecule has 1 aromatic rings. The highest BCUT2D eigenvalue weighted by atomic mass is 32.2. The summed E-state index contributed by atoms with van der Waals surface area (Å²) in [5.41, 5.74) is 6.62. The van der Waals surface area contributed by atoms with Crippen LogP contribution in [0.1, 0.15) is 24.9 Å². The van der Waals surface area contributed by atoms with E-state index in [0.29, 0.717) is 17.9 Å². The molecule has 0 saturated heterocycles. The number of hydrogen-bond donors (Lipinski definition) is 1. The van der Waals surface area contributed by atoms with E-state index in [9.17, 15) is 13.2 Å². The van der Waals surface area contributed by atoms with Crippen LogP contribution in [-0.4, -0.2) is 39.6 Å². The van der Waals surface area contributed by atoms with E-state index in [0.717, 1.165) is 0 Å². The largest absolute Gasteiger partial charge is 0.494 e. The Morgan fingerprint density at radius 2 is 2.00 bits per heavy atom. The Morgan fingerprint density at radius 3 is 2.62 bits per heavy atom. The van der Waals surface area contributed by atoms with Crippen LogP contribution in [0.2, 0.25) is 0 Å². The first-order valence-electron chi connectivity index (χ1n) is 6.64. The van der Waals surface area contributed by atoms with E-state index in [1.54, 1.807) is 24.3 Å². The third kappa shape index (κ3) is 5.73. The molecule has 0 aliphatic rings. The van der Waals surface area contributed by atoms with E-state index in [2.05, 4.69) is 4.74 Å². The van der Waals surface area contributed by atoms with Crippen molar-refractivity contribution in [2.75, 3.05) is 25.2 Å². The van der Waals surface area contributed by atoms with Crippen molar-refractivity contribution in [2.24, 2.45) is 5.73 Å². The standard InChI is InChI=1S/C14H21NO5S/c1-3-20-13-7-5-4-6-11(13)12(15)10-21(17,18)9-8-14(16)19-2/h4-7,12H,3,8-10,15H2,1-2H3. The smallest absolute Gasteiger partial charge is 0.306 e. The number of nitrogens with two attached hydrogens (primary N) is 1. The van der Waals surface area contributed by atoms with E-state index in [1.165, 1.54) is 7.11 Å². The highest BCUT2D eigenvalue weighted by Gasteiger charge is 2.21. The summed E-state index contributed by atoms with van der Waals surface area (Å²) in [7, 11) is -2.23. The van der Waals surface area contributed by atoms with Gasteiger partial charge < -0.3 is 15.2 Å². The molecule has 1 unspecified atom stereocenters. The number of sulfone groups is 1. The van der Waals surface area contributed by atoms with E-state index in [-0.39, 0.29) is 17.9 Å². The summed E-state index contributed by atoms with van der Waals surface area (Å²) < 4.78 is 33.8. The molecule has 0 spiro atoms. The van der Waals surface area contributed by atoms with Crippen molar-refractivity contribution in [3.63, 3.8) is 0 Å². The summed E-state index contributed by atoms with van der Waals surface area (Å²) in [5, 5.41) is 0. The van der Waals surface area contributed by atoms with Crippen LogP contribution in [0.4, 0.5) is 0 Å². The van der Waals surface area contributed by atoms with Gasteiger partial charge in [0.1, 0.15) is 5.75 Å². The fraction of sp³-hybridized carbons (Fsp3) is 0.500. The third-order valence-corrected chi connectivity index (χ3v) is 4.59. The number of ether oxygens (including phenoxy) is 2. The number of rotatable bonds is 8. The van der Waals surface area contributed by atoms with Gasteiger partial charge in [-0.05, 0) is 13.0 Å². The van der Waals surface area contributed by atoms with E-state index in [4.69, 9.17) is 10.5 Å². The van der Waals surface area contributed by atoms with Crippen molar-refractivity contribution < 1.29 is 22.7 Å². The van der Waals surface area contributed by atoms with Crippen molar-refractivity contribution in [3.8, 4) is 5.75 Å². The molecule has 118 valence electrons. The first-order valence-corrected chi connectivity index (χ1v) is 8.46. The average Bonchev–Trinajstić information content (AvgIpc) is 2.45. The van der Waals surface area contributed by atoms with Gasteiger partial charge in [0.05, 0.1) is 31.6 Å². The molecule has 2 N–H and O–H groups in total. The monoisotopic (exact) mass is 315 g/mol. The lowest BCUT2D eigenvalue weighted by molar-refractivity contribution is -0.140. The van der Waals surface area contributed by atoms with E-state index >= 15 is 0 Å². The second kappa shape index (κ2) is 7.99. The van der Waals surface area contributed by atoms with Gasteiger partial charge in [0, 0.05) is 11.6 Å². The third-order valence-electron chi connectivity index (χ3n) is 2.90. The summed E-state index contributed by atoms with van der Waals surface area (Å²) in [6.07, 6.45) is -0.168. The molecule has 0 fully saturated rings. The van der Waals surface area contributed by atoms with Gasteiger partial charge in [-0.1, -0.05) is 18.2 Å². The van der Waals surface area contributed by atoms with Gasteiger partial charge in [-0.3, -0.25) is 4.79 Å². The Balaban J connectivity index is 2.76. The fourth-order valence-corrected chi connectivity index (χ4v) is 3.23. The van der Waals surface area contributed by atoms with Crippen molar-refractivity contribution in [2.45, 2.75) is 19.4 Å². The number of carbonyl (C=O) groups is 1. The number of hydrogen-bond acceptors (Lipinski definition) is 6. The Labute approximate surface area is 125 Å². The van der Waals surface area contributed by atoms with E-state index in [1.807, 2.05) is 6.92 Å². The number of methoxy groups -OCH3 is 1. The van der Waals surface area contributed by atoms with Gasteiger partial charge in [-0.2, -0.15) is 0 Å². The zero-order valence-corrected chi connectivity index (χ0v) is 13.1. The van der Waals surface area contributed by atoms with Crippen LogP contribution in [0.15, 0.2) is 24.3 Å². The Morgan fingerprint density at radius 1 is 1.33 bits per heavy atom. The highest BCUT2D eigenvalue weighted by Crippen LogP contribution is 2.24. The molecule has 0 amide bonds. The molecule has 1 rings (SSSR count). The number of para-hydroxylation sites is 1. The van der Waals surface area contributed by atoms with Crippen LogP contribution in [-0.2, 0) is 19.4 Å². The van der Waals surface area contributed by atoms with Gasteiger partial charge >= 0.3 is 5.97 Å². The number of benzene rings is 1. The second-order valence-corrected chi connectivity index (χ2v) is 6.75. The summed E-state index contributed by atoms with van der Waals surface area (Å²) in [5.74, 6) is -0.490. The summed E-state index contributed by atoms with van der Waals surface area (Å²) >= 11 is 0.